The summed E-state index contributed by atoms with van der Waals surface area (Å²) in [6, 6.07) is 12.3. The molecule has 0 unspecified atom stereocenters. The van der Waals surface area contributed by atoms with Crippen LogP contribution in [0.1, 0.15) is 32.4 Å². The summed E-state index contributed by atoms with van der Waals surface area (Å²) in [6.45, 7) is 11.4. The van der Waals surface area contributed by atoms with Crippen molar-refractivity contribution in [1.82, 2.24) is 14.9 Å². The molecule has 1 aliphatic heterocycles. The molecule has 0 saturated carbocycles. The predicted molar refractivity (Wildman–Crippen MR) is 139 cm³/mol. The molecule has 0 atom stereocenters. The lowest BCUT2D eigenvalue weighted by Gasteiger charge is -2.26. The van der Waals surface area contributed by atoms with Crippen LogP contribution in [-0.4, -0.2) is 73.6 Å². The number of H-pyrrole nitrogens is 1. The molecule has 182 valence electrons. The van der Waals surface area contributed by atoms with E-state index in [0.29, 0.717) is 12.5 Å². The number of nitrogens with one attached hydrogen (secondary N) is 2. The summed E-state index contributed by atoms with van der Waals surface area (Å²) in [5.41, 5.74) is 7.04. The molecular weight excluding hydrogens is 428 g/mol. The van der Waals surface area contributed by atoms with Crippen molar-refractivity contribution in [2.24, 2.45) is 5.10 Å². The number of pyridine rings is 1. The highest BCUT2D eigenvalue weighted by atomic mass is 16.5. The van der Waals surface area contributed by atoms with E-state index in [-0.39, 0.29) is 0 Å². The summed E-state index contributed by atoms with van der Waals surface area (Å²) >= 11 is 0. The van der Waals surface area contributed by atoms with E-state index in [1.807, 2.05) is 24.4 Å². The quantitative estimate of drug-likeness (QED) is 0.307. The Morgan fingerprint density at radius 1 is 1.18 bits per heavy atom. The first kappa shape index (κ1) is 24.0. The Morgan fingerprint density at radius 2 is 1.97 bits per heavy atom. The average Bonchev–Trinajstić information content (AvgIpc) is 3.28. The Bertz CT molecular complexity index is 1050. The largest absolute Gasteiger partial charge is 0.476 e. The molecule has 1 aromatic carbocycles. The fourth-order valence-electron chi connectivity index (χ4n) is 4.18. The first-order valence-electron chi connectivity index (χ1n) is 12.3. The second-order valence-electron chi connectivity index (χ2n) is 8.50. The van der Waals surface area contributed by atoms with E-state index >= 15 is 0 Å². The Hall–Kier alpha value is -3.10. The highest BCUT2D eigenvalue weighted by Gasteiger charge is 2.12. The Morgan fingerprint density at radius 3 is 2.76 bits per heavy atom. The lowest BCUT2D eigenvalue weighted by atomic mass is 10.2. The number of fused-ring (bicyclic) bond motifs is 1. The maximum atomic E-state index is 6.10. The van der Waals surface area contributed by atoms with Crippen molar-refractivity contribution >= 4 is 28.5 Å². The summed E-state index contributed by atoms with van der Waals surface area (Å²) < 4.78 is 11.5. The maximum Gasteiger partial charge on any atom is 0.215 e. The van der Waals surface area contributed by atoms with Gasteiger partial charge in [-0.3, -0.25) is 10.3 Å². The summed E-state index contributed by atoms with van der Waals surface area (Å²) in [5, 5.41) is 5.57. The highest BCUT2D eigenvalue weighted by Crippen LogP contribution is 2.23. The Balaban J connectivity index is 1.48. The second kappa shape index (κ2) is 12.4. The molecule has 8 nitrogen and oxygen atoms in total. The molecule has 3 heterocycles. The van der Waals surface area contributed by atoms with Gasteiger partial charge in [-0.05, 0) is 25.0 Å². The minimum atomic E-state index is 0.599. The summed E-state index contributed by atoms with van der Waals surface area (Å²) in [4.78, 5) is 12.7. The molecule has 34 heavy (non-hydrogen) atoms. The number of hydrogen-bond donors (Lipinski definition) is 2. The third kappa shape index (κ3) is 6.48. The van der Waals surface area contributed by atoms with Crippen LogP contribution in [0.3, 0.4) is 0 Å². The standard InChI is InChI=1S/C26H36N6O2/c1-3-9-32(10-4-2)22-17-21(19-28-30-25-20-27-24-8-6-5-7-23(24)25)29-26(18-22)34-16-13-31-11-14-33-15-12-31/h5-8,17-20,27,30H,3-4,9-16H2,1-2H3/b28-19+. The van der Waals surface area contributed by atoms with Gasteiger partial charge in [0.25, 0.3) is 0 Å². The molecule has 1 saturated heterocycles. The van der Waals surface area contributed by atoms with Crippen LogP contribution in [-0.2, 0) is 4.74 Å². The molecule has 8 heteroatoms. The minimum Gasteiger partial charge on any atom is -0.476 e. The first-order valence-corrected chi connectivity index (χ1v) is 12.3. The van der Waals surface area contributed by atoms with Crippen LogP contribution in [0, 0.1) is 0 Å². The zero-order valence-corrected chi connectivity index (χ0v) is 20.3. The number of anilines is 2. The van der Waals surface area contributed by atoms with Gasteiger partial charge in [-0.15, -0.1) is 0 Å². The van der Waals surface area contributed by atoms with E-state index < -0.39 is 0 Å². The molecule has 2 N–H and O–H groups in total. The lowest BCUT2D eigenvalue weighted by molar-refractivity contribution is 0.0320. The van der Waals surface area contributed by atoms with Gasteiger partial charge in [-0.2, -0.15) is 5.10 Å². The van der Waals surface area contributed by atoms with Crippen molar-refractivity contribution in [3.63, 3.8) is 0 Å². The fourth-order valence-corrected chi connectivity index (χ4v) is 4.18. The van der Waals surface area contributed by atoms with Gasteiger partial charge >= 0.3 is 0 Å². The van der Waals surface area contributed by atoms with Crippen molar-refractivity contribution in [2.45, 2.75) is 26.7 Å². The Labute approximate surface area is 201 Å². The zero-order valence-electron chi connectivity index (χ0n) is 20.3. The van der Waals surface area contributed by atoms with Crippen LogP contribution >= 0.6 is 0 Å². The number of hydrazone groups is 1. The van der Waals surface area contributed by atoms with Gasteiger partial charge in [0, 0.05) is 61.6 Å². The molecule has 2 aromatic heterocycles. The number of hydrogen-bond acceptors (Lipinski definition) is 7. The lowest BCUT2D eigenvalue weighted by Crippen LogP contribution is -2.38. The van der Waals surface area contributed by atoms with Crippen molar-refractivity contribution < 1.29 is 9.47 Å². The molecule has 0 aliphatic carbocycles. The van der Waals surface area contributed by atoms with Crippen molar-refractivity contribution in [2.75, 3.05) is 62.9 Å². The van der Waals surface area contributed by atoms with Gasteiger partial charge in [0.2, 0.25) is 5.88 Å². The zero-order chi connectivity index (χ0) is 23.6. The van der Waals surface area contributed by atoms with Crippen molar-refractivity contribution in [1.29, 1.82) is 0 Å². The molecule has 4 rings (SSSR count). The van der Waals surface area contributed by atoms with Crippen molar-refractivity contribution in [3.8, 4) is 5.88 Å². The SMILES string of the molecule is CCCN(CCC)c1cc(/C=N/Nc2c[nH]c3ccccc23)nc(OCCN2CCOCC2)c1. The third-order valence-corrected chi connectivity index (χ3v) is 5.89. The van der Waals surface area contributed by atoms with Gasteiger partial charge < -0.3 is 19.4 Å². The summed E-state index contributed by atoms with van der Waals surface area (Å²) in [6.07, 6.45) is 5.86. The summed E-state index contributed by atoms with van der Waals surface area (Å²) in [5.74, 6) is 0.636. The van der Waals surface area contributed by atoms with Crippen LogP contribution in [0.15, 0.2) is 47.7 Å². The van der Waals surface area contributed by atoms with Gasteiger partial charge in [0.05, 0.1) is 30.8 Å². The van der Waals surface area contributed by atoms with Crippen LogP contribution in [0.25, 0.3) is 10.9 Å². The van der Waals surface area contributed by atoms with E-state index in [1.54, 1.807) is 6.21 Å². The van der Waals surface area contributed by atoms with Crippen molar-refractivity contribution in [3.05, 3.63) is 48.3 Å². The molecule has 3 aromatic rings. The number of aromatic amines is 1. The van der Waals surface area contributed by atoms with Gasteiger partial charge in [0.15, 0.2) is 0 Å². The van der Waals surface area contributed by atoms with E-state index in [1.165, 1.54) is 0 Å². The third-order valence-electron chi connectivity index (χ3n) is 5.89. The van der Waals surface area contributed by atoms with E-state index in [4.69, 9.17) is 14.5 Å². The maximum absolute atomic E-state index is 6.10. The predicted octanol–water partition coefficient (Wildman–Crippen LogP) is 4.35. The molecule has 0 amide bonds. The number of nitrogens with zero attached hydrogens (tertiary/aromatic N) is 4. The smallest absolute Gasteiger partial charge is 0.215 e. The normalized spacial score (nSPS) is 14.6. The fraction of sp³-hybridized carbons (Fsp3) is 0.462. The second-order valence-corrected chi connectivity index (χ2v) is 8.50. The van der Waals surface area contributed by atoms with E-state index in [2.05, 4.69) is 57.4 Å². The minimum absolute atomic E-state index is 0.599. The molecule has 1 fully saturated rings. The number of aromatic nitrogens is 2. The molecule has 1 aliphatic rings. The molecule has 0 radical (unpaired) electrons. The van der Waals surface area contributed by atoms with Crippen LogP contribution in [0.2, 0.25) is 0 Å². The Kier molecular flexibility index (Phi) is 8.76. The van der Waals surface area contributed by atoms with Crippen LogP contribution in [0.4, 0.5) is 11.4 Å². The number of para-hydroxylation sites is 1. The topological polar surface area (TPSA) is 78.0 Å². The van der Waals surface area contributed by atoms with Gasteiger partial charge in [-0.25, -0.2) is 4.98 Å². The highest BCUT2D eigenvalue weighted by molar-refractivity contribution is 5.92. The monoisotopic (exact) mass is 464 g/mol. The first-order chi connectivity index (χ1) is 16.8. The van der Waals surface area contributed by atoms with Gasteiger partial charge in [0.1, 0.15) is 6.61 Å². The molecular formula is C26H36N6O2. The molecule has 0 bridgehead atoms. The van der Waals surface area contributed by atoms with E-state index in [9.17, 15) is 0 Å². The number of rotatable bonds is 12. The van der Waals surface area contributed by atoms with E-state index in [0.717, 1.165) is 86.8 Å². The van der Waals surface area contributed by atoms with Gasteiger partial charge in [-0.1, -0.05) is 32.0 Å². The number of benzene rings is 1. The molecule has 0 spiro atoms. The number of ether oxygens (including phenoxy) is 2. The number of morpholine rings is 1. The average molecular weight is 465 g/mol. The van der Waals surface area contributed by atoms with Crippen LogP contribution in [0.5, 0.6) is 5.88 Å². The summed E-state index contributed by atoms with van der Waals surface area (Å²) in [7, 11) is 0. The van der Waals surface area contributed by atoms with Crippen LogP contribution < -0.4 is 15.1 Å².